The Bertz CT molecular complexity index is 817. The number of phenols is 1. The molecule has 0 saturated carbocycles. The molecule has 5 nitrogen and oxygen atoms in total. The van der Waals surface area contributed by atoms with E-state index in [0.717, 1.165) is 17.3 Å². The van der Waals surface area contributed by atoms with E-state index in [4.69, 9.17) is 4.74 Å². The van der Waals surface area contributed by atoms with Gasteiger partial charge in [-0.25, -0.2) is 0 Å². The summed E-state index contributed by atoms with van der Waals surface area (Å²) in [4.78, 5) is 26.1. The predicted octanol–water partition coefficient (Wildman–Crippen LogP) is 3.64. The highest BCUT2D eigenvalue weighted by Crippen LogP contribution is 2.34. The zero-order valence-electron chi connectivity index (χ0n) is 12.9. The molecule has 1 N–H and O–H groups in total. The second kappa shape index (κ2) is 6.80. The number of nitrogens with zero attached hydrogens (tertiary/aromatic N) is 1. The van der Waals surface area contributed by atoms with E-state index in [9.17, 15) is 14.7 Å². The van der Waals surface area contributed by atoms with Gasteiger partial charge in [0.15, 0.2) is 11.5 Å². The third kappa shape index (κ3) is 3.28. The fourth-order valence-electron chi connectivity index (χ4n) is 2.35. The highest BCUT2D eigenvalue weighted by atomic mass is 32.2. The third-order valence-corrected chi connectivity index (χ3v) is 4.47. The van der Waals surface area contributed by atoms with Crippen LogP contribution in [0.3, 0.4) is 0 Å². The molecule has 0 aromatic heterocycles. The van der Waals surface area contributed by atoms with Gasteiger partial charge in [-0.15, -0.1) is 0 Å². The van der Waals surface area contributed by atoms with E-state index in [0.29, 0.717) is 16.2 Å². The molecule has 0 unspecified atom stereocenters. The summed E-state index contributed by atoms with van der Waals surface area (Å²) in [5.74, 6) is 0.00302. The fraction of sp³-hybridized carbons (Fsp3) is 0.111. The van der Waals surface area contributed by atoms with Crippen LogP contribution in [0.1, 0.15) is 11.1 Å². The zero-order valence-corrected chi connectivity index (χ0v) is 13.7. The average molecular weight is 341 g/mol. The minimum atomic E-state index is -0.329. The molecule has 0 bridgehead atoms. The van der Waals surface area contributed by atoms with Gasteiger partial charge in [-0.3, -0.25) is 14.5 Å². The molecule has 0 aliphatic carbocycles. The topological polar surface area (TPSA) is 66.8 Å². The number of hydrogen-bond donors (Lipinski definition) is 1. The first-order valence-electron chi connectivity index (χ1n) is 7.25. The third-order valence-electron chi connectivity index (χ3n) is 3.56. The molecule has 6 heteroatoms. The van der Waals surface area contributed by atoms with Crippen LogP contribution in [-0.4, -0.2) is 28.3 Å². The van der Waals surface area contributed by atoms with Crippen molar-refractivity contribution in [1.29, 1.82) is 0 Å². The van der Waals surface area contributed by atoms with Crippen LogP contribution in [0.2, 0.25) is 0 Å². The van der Waals surface area contributed by atoms with Crippen molar-refractivity contribution in [3.63, 3.8) is 0 Å². The number of benzene rings is 2. The summed E-state index contributed by atoms with van der Waals surface area (Å²) in [6, 6.07) is 14.2. The molecule has 1 heterocycles. The van der Waals surface area contributed by atoms with E-state index < -0.39 is 0 Å². The van der Waals surface area contributed by atoms with Gasteiger partial charge < -0.3 is 9.84 Å². The molecule has 122 valence electrons. The van der Waals surface area contributed by atoms with Gasteiger partial charge in [-0.1, -0.05) is 36.4 Å². The van der Waals surface area contributed by atoms with Gasteiger partial charge in [-0.2, -0.15) is 0 Å². The molecular weight excluding hydrogens is 326 g/mol. The second-order valence-electron chi connectivity index (χ2n) is 5.18. The van der Waals surface area contributed by atoms with Gasteiger partial charge in [0.2, 0.25) is 0 Å². The molecule has 2 aromatic carbocycles. The molecule has 2 amide bonds. The zero-order chi connectivity index (χ0) is 17.1. The molecule has 1 saturated heterocycles. The lowest BCUT2D eigenvalue weighted by Crippen LogP contribution is -2.27. The Hall–Kier alpha value is -2.73. The van der Waals surface area contributed by atoms with Crippen molar-refractivity contribution in [3.05, 3.63) is 64.6 Å². The van der Waals surface area contributed by atoms with E-state index in [2.05, 4.69) is 0 Å². The summed E-state index contributed by atoms with van der Waals surface area (Å²) in [7, 11) is 1.46. The summed E-state index contributed by atoms with van der Waals surface area (Å²) in [5, 5.41) is 9.51. The largest absolute Gasteiger partial charge is 0.504 e. The Kier molecular flexibility index (Phi) is 4.57. The van der Waals surface area contributed by atoms with E-state index in [1.165, 1.54) is 18.1 Å². The Balaban J connectivity index is 1.82. The molecule has 1 aliphatic heterocycles. The number of methoxy groups -OCH3 is 1. The number of aromatic hydroxyl groups is 1. The van der Waals surface area contributed by atoms with Gasteiger partial charge in [-0.05, 0) is 41.1 Å². The number of amides is 2. The number of carbonyl (C=O) groups is 2. The summed E-state index contributed by atoms with van der Waals surface area (Å²) in [6.45, 7) is 0.247. The summed E-state index contributed by atoms with van der Waals surface area (Å²) >= 11 is 0.897. The van der Waals surface area contributed by atoms with Crippen LogP contribution in [0.15, 0.2) is 53.4 Å². The Morgan fingerprint density at radius 2 is 1.92 bits per heavy atom. The maximum atomic E-state index is 12.5. The maximum Gasteiger partial charge on any atom is 0.293 e. The second-order valence-corrected chi connectivity index (χ2v) is 6.18. The number of imide groups is 1. The lowest BCUT2D eigenvalue weighted by atomic mass is 10.1. The summed E-state index contributed by atoms with van der Waals surface area (Å²) < 4.78 is 4.99. The molecule has 0 atom stereocenters. The quantitative estimate of drug-likeness (QED) is 0.860. The van der Waals surface area contributed by atoms with Crippen LogP contribution in [-0.2, 0) is 11.3 Å². The molecular formula is C18H15NO4S. The number of rotatable bonds is 4. The highest BCUT2D eigenvalue weighted by molar-refractivity contribution is 8.18. The standard InChI is InChI=1S/C18H15NO4S/c1-23-15-8-7-13(9-14(15)20)10-16-17(21)19(18(22)24-16)11-12-5-3-2-4-6-12/h2-10,20H,11H2,1H3. The Labute approximate surface area is 143 Å². The first-order chi connectivity index (χ1) is 11.6. The molecule has 1 aliphatic rings. The van der Waals surface area contributed by atoms with Crippen molar-refractivity contribution >= 4 is 29.0 Å². The van der Waals surface area contributed by atoms with Crippen molar-refractivity contribution in [1.82, 2.24) is 4.90 Å². The smallest absolute Gasteiger partial charge is 0.293 e. The molecule has 0 radical (unpaired) electrons. The minimum absolute atomic E-state index is 0.0187. The van der Waals surface area contributed by atoms with Crippen molar-refractivity contribution in [2.75, 3.05) is 7.11 Å². The predicted molar refractivity (Wildman–Crippen MR) is 92.6 cm³/mol. The number of carbonyl (C=O) groups excluding carboxylic acids is 2. The average Bonchev–Trinajstić information content (AvgIpc) is 2.84. The molecule has 3 rings (SSSR count). The van der Waals surface area contributed by atoms with Crippen LogP contribution in [0, 0.1) is 0 Å². The maximum absolute atomic E-state index is 12.5. The number of ether oxygens (including phenoxy) is 1. The fourth-order valence-corrected chi connectivity index (χ4v) is 3.19. The molecule has 24 heavy (non-hydrogen) atoms. The summed E-state index contributed by atoms with van der Waals surface area (Å²) in [5.41, 5.74) is 1.52. The van der Waals surface area contributed by atoms with E-state index in [1.54, 1.807) is 18.2 Å². The van der Waals surface area contributed by atoms with Gasteiger partial charge in [0, 0.05) is 0 Å². The lowest BCUT2D eigenvalue weighted by molar-refractivity contribution is -0.123. The number of hydrogen-bond acceptors (Lipinski definition) is 5. The van der Waals surface area contributed by atoms with Crippen LogP contribution >= 0.6 is 11.8 Å². The van der Waals surface area contributed by atoms with E-state index in [-0.39, 0.29) is 23.4 Å². The first-order valence-corrected chi connectivity index (χ1v) is 8.06. The monoisotopic (exact) mass is 341 g/mol. The van der Waals surface area contributed by atoms with Crippen LogP contribution in [0.4, 0.5) is 4.79 Å². The van der Waals surface area contributed by atoms with Crippen LogP contribution in [0.5, 0.6) is 11.5 Å². The Morgan fingerprint density at radius 1 is 1.17 bits per heavy atom. The van der Waals surface area contributed by atoms with Gasteiger partial charge in [0.25, 0.3) is 11.1 Å². The molecule has 2 aromatic rings. The first kappa shape index (κ1) is 16.1. The minimum Gasteiger partial charge on any atom is -0.504 e. The Morgan fingerprint density at radius 3 is 2.58 bits per heavy atom. The van der Waals surface area contributed by atoms with Crippen molar-refractivity contribution in [2.45, 2.75) is 6.54 Å². The van der Waals surface area contributed by atoms with Gasteiger partial charge >= 0.3 is 0 Å². The SMILES string of the molecule is COc1ccc(C=C2SC(=O)N(Cc3ccccc3)C2=O)cc1O. The molecule has 1 fully saturated rings. The van der Waals surface area contributed by atoms with Crippen molar-refractivity contribution < 1.29 is 19.4 Å². The van der Waals surface area contributed by atoms with E-state index in [1.807, 2.05) is 30.3 Å². The van der Waals surface area contributed by atoms with Crippen LogP contribution < -0.4 is 4.74 Å². The van der Waals surface area contributed by atoms with Gasteiger partial charge in [0.05, 0.1) is 18.6 Å². The molecule has 0 spiro atoms. The van der Waals surface area contributed by atoms with Crippen LogP contribution in [0.25, 0.3) is 6.08 Å². The highest BCUT2D eigenvalue weighted by Gasteiger charge is 2.34. The normalized spacial score (nSPS) is 16.0. The lowest BCUT2D eigenvalue weighted by Gasteiger charge is -2.12. The van der Waals surface area contributed by atoms with Gasteiger partial charge in [0.1, 0.15) is 0 Å². The van der Waals surface area contributed by atoms with Crippen molar-refractivity contribution in [3.8, 4) is 11.5 Å². The van der Waals surface area contributed by atoms with Crippen molar-refractivity contribution in [2.24, 2.45) is 0 Å². The number of thioether (sulfide) groups is 1. The number of phenolic OH excluding ortho intramolecular Hbond substituents is 1. The van der Waals surface area contributed by atoms with E-state index >= 15 is 0 Å². The summed E-state index contributed by atoms with van der Waals surface area (Å²) in [6.07, 6.45) is 1.59.